The summed E-state index contributed by atoms with van der Waals surface area (Å²) in [6.07, 6.45) is 0. The van der Waals surface area contributed by atoms with Gasteiger partial charge >= 0.3 is 0 Å². The summed E-state index contributed by atoms with van der Waals surface area (Å²) in [4.78, 5) is 0. The molecule has 6 N–H and O–H groups in total. The van der Waals surface area contributed by atoms with Crippen molar-refractivity contribution in [2.45, 2.75) is 40.6 Å². The maximum absolute atomic E-state index is 6.15. The molecule has 0 spiro atoms. The maximum Gasteiger partial charge on any atom is 0.119 e. The number of rotatable bonds is 9. The highest BCUT2D eigenvalue weighted by molar-refractivity contribution is 5.51. The maximum atomic E-state index is 6.15. The topological polar surface area (TPSA) is 106 Å². The molecule has 0 fully saturated rings. The Morgan fingerprint density at radius 2 is 0.639 bits per heavy atom. The summed E-state index contributed by atoms with van der Waals surface area (Å²) < 4.78 is 18.4. The van der Waals surface area contributed by atoms with E-state index in [1.165, 1.54) is 0 Å². The van der Waals surface area contributed by atoms with Gasteiger partial charge in [0.2, 0.25) is 0 Å². The molecule has 0 saturated heterocycles. The monoisotopic (exact) mass is 483 g/mol. The molecular weight excluding hydrogens is 450 g/mol. The molecular formula is C30H33N3O3. The Morgan fingerprint density at radius 3 is 0.861 bits per heavy atom. The lowest BCUT2D eigenvalue weighted by Crippen LogP contribution is -2.13. The Bertz CT molecular complexity index is 1130. The van der Waals surface area contributed by atoms with E-state index in [4.69, 9.17) is 31.4 Å². The lowest BCUT2D eigenvalue weighted by molar-refractivity contribution is 0.290. The van der Waals surface area contributed by atoms with Crippen molar-refractivity contribution in [1.29, 1.82) is 0 Å². The Hall–Kier alpha value is -4.32. The summed E-state index contributed by atoms with van der Waals surface area (Å²) in [5.74, 6) is 2.30. The average Bonchev–Trinajstić information content (AvgIpc) is 2.87. The van der Waals surface area contributed by atoms with Crippen LogP contribution < -0.4 is 31.4 Å². The molecule has 4 aromatic carbocycles. The molecule has 36 heavy (non-hydrogen) atoms. The van der Waals surface area contributed by atoms with Crippen molar-refractivity contribution in [3.05, 3.63) is 106 Å². The highest BCUT2D eigenvalue weighted by atomic mass is 16.5. The number of nitrogens with two attached hydrogens (primary N) is 3. The lowest BCUT2D eigenvalue weighted by atomic mass is 9.89. The van der Waals surface area contributed by atoms with E-state index in [0.29, 0.717) is 36.9 Å². The second kappa shape index (κ2) is 11.0. The van der Waals surface area contributed by atoms with Crippen LogP contribution in [-0.2, 0) is 19.8 Å². The van der Waals surface area contributed by atoms with Crippen LogP contribution in [0.4, 0.5) is 17.1 Å². The molecule has 0 bridgehead atoms. The number of anilines is 3. The standard InChI is InChI=1S/C30H33N3O3/c1-19-28(16-34-25-10-4-22(31)5-11-25)20(2)30(18-36-27-14-8-24(33)9-15-27)21(3)29(19)17-35-26-12-6-23(32)7-13-26/h4-15H,16-18,31-33H2,1-3H3. The summed E-state index contributed by atoms with van der Waals surface area (Å²) in [6.45, 7) is 7.62. The van der Waals surface area contributed by atoms with Gasteiger partial charge in [0.25, 0.3) is 0 Å². The lowest BCUT2D eigenvalue weighted by Gasteiger charge is -2.23. The van der Waals surface area contributed by atoms with Crippen LogP contribution in [0.25, 0.3) is 0 Å². The van der Waals surface area contributed by atoms with E-state index in [1.54, 1.807) is 0 Å². The van der Waals surface area contributed by atoms with Crippen molar-refractivity contribution in [1.82, 2.24) is 0 Å². The molecule has 0 aromatic heterocycles. The molecule has 0 aliphatic rings. The summed E-state index contributed by atoms with van der Waals surface area (Å²) >= 11 is 0. The number of hydrogen-bond donors (Lipinski definition) is 3. The summed E-state index contributed by atoms with van der Waals surface area (Å²) in [6, 6.07) is 22.3. The highest BCUT2D eigenvalue weighted by Crippen LogP contribution is 2.31. The second-order valence-electron chi connectivity index (χ2n) is 8.88. The van der Waals surface area contributed by atoms with Crippen LogP contribution in [0.2, 0.25) is 0 Å². The minimum Gasteiger partial charge on any atom is -0.489 e. The number of benzene rings is 4. The van der Waals surface area contributed by atoms with E-state index in [2.05, 4.69) is 20.8 Å². The third kappa shape index (κ3) is 5.84. The minimum atomic E-state index is 0.422. The van der Waals surface area contributed by atoms with Gasteiger partial charge in [0.1, 0.15) is 37.1 Å². The minimum absolute atomic E-state index is 0.422. The van der Waals surface area contributed by atoms with Gasteiger partial charge in [0, 0.05) is 17.1 Å². The van der Waals surface area contributed by atoms with Crippen LogP contribution in [0.5, 0.6) is 17.2 Å². The smallest absolute Gasteiger partial charge is 0.119 e. The van der Waals surface area contributed by atoms with Crippen molar-refractivity contribution in [2.75, 3.05) is 17.2 Å². The molecule has 6 nitrogen and oxygen atoms in total. The van der Waals surface area contributed by atoms with Crippen LogP contribution in [0.3, 0.4) is 0 Å². The van der Waals surface area contributed by atoms with E-state index >= 15 is 0 Å². The Kier molecular flexibility index (Phi) is 7.54. The average molecular weight is 484 g/mol. The van der Waals surface area contributed by atoms with Gasteiger partial charge in [-0.2, -0.15) is 0 Å². The Morgan fingerprint density at radius 1 is 0.417 bits per heavy atom. The van der Waals surface area contributed by atoms with Crippen molar-refractivity contribution in [3.8, 4) is 17.2 Å². The molecule has 0 unspecified atom stereocenters. The first-order valence-corrected chi connectivity index (χ1v) is 11.9. The van der Waals surface area contributed by atoms with E-state index in [1.807, 2.05) is 72.8 Å². The molecule has 0 saturated carbocycles. The largest absolute Gasteiger partial charge is 0.489 e. The van der Waals surface area contributed by atoms with Gasteiger partial charge in [0.05, 0.1) is 0 Å². The normalized spacial score (nSPS) is 10.8. The van der Waals surface area contributed by atoms with E-state index < -0.39 is 0 Å². The molecule has 0 aliphatic carbocycles. The molecule has 4 rings (SSSR count). The zero-order chi connectivity index (χ0) is 25.7. The van der Waals surface area contributed by atoms with Crippen LogP contribution >= 0.6 is 0 Å². The van der Waals surface area contributed by atoms with E-state index in [9.17, 15) is 0 Å². The number of ether oxygens (including phenoxy) is 3. The van der Waals surface area contributed by atoms with Crippen molar-refractivity contribution >= 4 is 17.1 Å². The second-order valence-corrected chi connectivity index (χ2v) is 8.88. The molecule has 0 heterocycles. The molecule has 186 valence electrons. The molecule has 4 aromatic rings. The molecule has 0 radical (unpaired) electrons. The fourth-order valence-electron chi connectivity index (χ4n) is 4.20. The van der Waals surface area contributed by atoms with Gasteiger partial charge < -0.3 is 31.4 Å². The highest BCUT2D eigenvalue weighted by Gasteiger charge is 2.19. The number of hydrogen-bond acceptors (Lipinski definition) is 6. The van der Waals surface area contributed by atoms with Crippen LogP contribution in [0.1, 0.15) is 33.4 Å². The van der Waals surface area contributed by atoms with Gasteiger partial charge in [-0.15, -0.1) is 0 Å². The van der Waals surface area contributed by atoms with Gasteiger partial charge in [-0.05, 0) is 127 Å². The first-order chi connectivity index (χ1) is 17.3. The van der Waals surface area contributed by atoms with Gasteiger partial charge in [-0.3, -0.25) is 0 Å². The zero-order valence-electron chi connectivity index (χ0n) is 21.0. The van der Waals surface area contributed by atoms with Crippen LogP contribution in [0, 0.1) is 20.8 Å². The Balaban J connectivity index is 1.64. The first-order valence-electron chi connectivity index (χ1n) is 11.9. The predicted molar refractivity (Wildman–Crippen MR) is 146 cm³/mol. The fourth-order valence-corrected chi connectivity index (χ4v) is 4.20. The predicted octanol–water partition coefficient (Wildman–Crippen LogP) is 6.10. The SMILES string of the molecule is Cc1c(COc2ccc(N)cc2)c(C)c(COc2ccc(N)cc2)c(C)c1COc1ccc(N)cc1. The molecule has 6 heteroatoms. The van der Waals surface area contributed by atoms with Crippen LogP contribution in [-0.4, -0.2) is 0 Å². The zero-order valence-corrected chi connectivity index (χ0v) is 21.0. The number of nitrogen functional groups attached to an aromatic ring is 3. The van der Waals surface area contributed by atoms with E-state index in [0.717, 1.165) is 50.6 Å². The van der Waals surface area contributed by atoms with Crippen molar-refractivity contribution < 1.29 is 14.2 Å². The summed E-state index contributed by atoms with van der Waals surface area (Å²) in [7, 11) is 0. The van der Waals surface area contributed by atoms with Gasteiger partial charge in [-0.25, -0.2) is 0 Å². The van der Waals surface area contributed by atoms with Crippen molar-refractivity contribution in [2.24, 2.45) is 0 Å². The van der Waals surface area contributed by atoms with Crippen LogP contribution in [0.15, 0.2) is 72.8 Å². The van der Waals surface area contributed by atoms with Gasteiger partial charge in [-0.1, -0.05) is 0 Å². The quantitative estimate of drug-likeness (QED) is 0.249. The van der Waals surface area contributed by atoms with Crippen molar-refractivity contribution in [3.63, 3.8) is 0 Å². The van der Waals surface area contributed by atoms with Gasteiger partial charge in [0.15, 0.2) is 0 Å². The molecule has 0 amide bonds. The summed E-state index contributed by atoms with van der Waals surface area (Å²) in [5.41, 5.74) is 26.4. The molecule has 0 aliphatic heterocycles. The third-order valence-corrected chi connectivity index (χ3v) is 6.51. The summed E-state index contributed by atoms with van der Waals surface area (Å²) in [5, 5.41) is 0. The fraction of sp³-hybridized carbons (Fsp3) is 0.200. The third-order valence-electron chi connectivity index (χ3n) is 6.51. The Labute approximate surface area is 212 Å². The molecule has 0 atom stereocenters. The van der Waals surface area contributed by atoms with E-state index in [-0.39, 0.29) is 0 Å². The first kappa shape index (κ1) is 24.8.